The fourth-order valence-corrected chi connectivity index (χ4v) is 5.33. The summed E-state index contributed by atoms with van der Waals surface area (Å²) >= 11 is 0. The van der Waals surface area contributed by atoms with Crippen molar-refractivity contribution < 1.29 is 14.2 Å². The highest BCUT2D eigenvalue weighted by molar-refractivity contribution is 5.50. The van der Waals surface area contributed by atoms with Crippen LogP contribution >= 0.6 is 0 Å². The number of hydrogen-bond donors (Lipinski definition) is 0. The normalized spacial score (nSPS) is 36.8. The summed E-state index contributed by atoms with van der Waals surface area (Å²) in [6, 6.07) is 20.7. The van der Waals surface area contributed by atoms with E-state index in [4.69, 9.17) is 14.2 Å². The van der Waals surface area contributed by atoms with Gasteiger partial charge in [-0.25, -0.2) is 0 Å². The van der Waals surface area contributed by atoms with Gasteiger partial charge < -0.3 is 14.2 Å². The molecule has 156 valence electrons. The van der Waals surface area contributed by atoms with Crippen molar-refractivity contribution in [3.63, 3.8) is 0 Å². The highest BCUT2D eigenvalue weighted by atomic mass is 16.6. The Hall–Kier alpha value is -2.72. The molecule has 0 N–H and O–H groups in total. The number of ether oxygens (including phenoxy) is 3. The van der Waals surface area contributed by atoms with E-state index in [9.17, 15) is 0 Å². The molecule has 0 radical (unpaired) electrons. The number of rotatable bonds is 6. The van der Waals surface area contributed by atoms with Gasteiger partial charge in [0.2, 0.25) is 0 Å². The van der Waals surface area contributed by atoms with Crippen LogP contribution in [-0.2, 0) is 25.4 Å². The predicted molar refractivity (Wildman–Crippen MR) is 120 cm³/mol. The van der Waals surface area contributed by atoms with Gasteiger partial charge in [0.1, 0.15) is 22.4 Å². The highest BCUT2D eigenvalue weighted by Gasteiger charge is 2.54. The van der Waals surface area contributed by atoms with E-state index in [2.05, 4.69) is 98.8 Å². The van der Waals surface area contributed by atoms with Gasteiger partial charge in [0.15, 0.2) is 0 Å². The summed E-state index contributed by atoms with van der Waals surface area (Å²) in [4.78, 5) is 0. The minimum Gasteiger partial charge on any atom is -0.374 e. The summed E-state index contributed by atoms with van der Waals surface area (Å²) in [6.45, 7) is 5.18. The van der Waals surface area contributed by atoms with Crippen molar-refractivity contribution in [2.24, 2.45) is 0 Å². The van der Waals surface area contributed by atoms with Crippen LogP contribution in [0.5, 0.6) is 0 Å². The molecule has 4 unspecified atom stereocenters. The Balaban J connectivity index is 1.17. The largest absolute Gasteiger partial charge is 0.374 e. The summed E-state index contributed by atoms with van der Waals surface area (Å²) in [6.07, 6.45) is 13.1. The molecule has 2 aromatic carbocycles. The van der Waals surface area contributed by atoms with Gasteiger partial charge in [0.25, 0.3) is 0 Å². The highest BCUT2D eigenvalue weighted by Crippen LogP contribution is 2.52. The van der Waals surface area contributed by atoms with Crippen molar-refractivity contribution >= 4 is 0 Å². The molecule has 4 bridgehead atoms. The molecular weight excluding hydrogens is 384 g/mol. The van der Waals surface area contributed by atoms with Gasteiger partial charge in [-0.3, -0.25) is 0 Å². The zero-order chi connectivity index (χ0) is 21.2. The Morgan fingerprint density at radius 1 is 0.613 bits per heavy atom. The molecule has 4 heterocycles. The van der Waals surface area contributed by atoms with Gasteiger partial charge in [0.05, 0.1) is 13.2 Å². The van der Waals surface area contributed by atoms with Gasteiger partial charge >= 0.3 is 0 Å². The lowest BCUT2D eigenvalue weighted by molar-refractivity contribution is -0.106. The van der Waals surface area contributed by atoms with E-state index in [-0.39, 0.29) is 0 Å². The van der Waals surface area contributed by atoms with E-state index < -0.39 is 22.4 Å². The van der Waals surface area contributed by atoms with Crippen LogP contribution in [0.2, 0.25) is 0 Å². The first kappa shape index (κ1) is 19.0. The molecule has 0 aromatic heterocycles. The molecule has 0 aliphatic carbocycles. The van der Waals surface area contributed by atoms with Gasteiger partial charge in [0, 0.05) is 0 Å². The second-order valence-corrected chi connectivity index (χ2v) is 9.12. The number of fused-ring (bicyclic) bond motifs is 4. The van der Waals surface area contributed by atoms with Gasteiger partial charge in [-0.05, 0) is 72.6 Å². The molecule has 3 nitrogen and oxygen atoms in total. The van der Waals surface area contributed by atoms with Gasteiger partial charge in [-0.15, -0.1) is 0 Å². The number of benzene rings is 2. The zero-order valence-corrected chi connectivity index (χ0v) is 17.9. The molecule has 6 rings (SSSR count). The van der Waals surface area contributed by atoms with Gasteiger partial charge in [-0.1, -0.05) is 60.7 Å². The Kier molecular flexibility index (Phi) is 3.92. The Morgan fingerprint density at radius 2 is 1.03 bits per heavy atom. The smallest absolute Gasteiger partial charge is 0.133 e. The standard InChI is InChI=1S/C28H26O3/c1-21-17-25(23-9-5-3-6-10-23)13-15-27(21,30-25)19-29-20-28-16-14-26(31-28,18-22(28)2)24-11-7-4-8-12-24/h3-18H,19-20H2,1-2H3. The minimum atomic E-state index is -0.512. The lowest BCUT2D eigenvalue weighted by Gasteiger charge is -2.31. The average molecular weight is 411 g/mol. The van der Waals surface area contributed by atoms with Crippen molar-refractivity contribution in [2.75, 3.05) is 13.2 Å². The third-order valence-corrected chi connectivity index (χ3v) is 7.18. The van der Waals surface area contributed by atoms with E-state index >= 15 is 0 Å². The second-order valence-electron chi connectivity index (χ2n) is 9.12. The van der Waals surface area contributed by atoms with Crippen molar-refractivity contribution in [2.45, 2.75) is 36.3 Å². The third kappa shape index (κ3) is 2.64. The van der Waals surface area contributed by atoms with Crippen LogP contribution in [0.25, 0.3) is 0 Å². The van der Waals surface area contributed by atoms with E-state index in [1.807, 2.05) is 12.1 Å². The Labute approximate surface area is 183 Å². The molecule has 0 fully saturated rings. The molecule has 0 amide bonds. The van der Waals surface area contributed by atoms with Gasteiger partial charge in [-0.2, -0.15) is 0 Å². The third-order valence-electron chi connectivity index (χ3n) is 7.18. The minimum absolute atomic E-state index is 0.463. The van der Waals surface area contributed by atoms with Crippen LogP contribution in [0.1, 0.15) is 25.0 Å². The van der Waals surface area contributed by atoms with Crippen LogP contribution < -0.4 is 0 Å². The maximum Gasteiger partial charge on any atom is 0.133 e. The fourth-order valence-electron chi connectivity index (χ4n) is 5.33. The molecule has 0 saturated carbocycles. The monoisotopic (exact) mass is 410 g/mol. The van der Waals surface area contributed by atoms with Crippen LogP contribution in [0.15, 0.2) is 108 Å². The van der Waals surface area contributed by atoms with Crippen molar-refractivity contribution in [1.82, 2.24) is 0 Å². The van der Waals surface area contributed by atoms with E-state index in [1.165, 1.54) is 11.1 Å². The molecule has 4 aliphatic rings. The first-order chi connectivity index (χ1) is 15.0. The van der Waals surface area contributed by atoms with E-state index in [0.717, 1.165) is 11.1 Å². The first-order valence-electron chi connectivity index (χ1n) is 10.9. The maximum atomic E-state index is 6.60. The zero-order valence-electron chi connectivity index (χ0n) is 17.9. The summed E-state index contributed by atoms with van der Waals surface area (Å²) in [7, 11) is 0. The second kappa shape index (κ2) is 6.39. The molecule has 0 saturated heterocycles. The molecular formula is C28H26O3. The SMILES string of the molecule is CC1=CC2(c3ccccc3)C=CC1(COCC13C=CC(c4ccccc4)(C=C1C)O3)O2. The average Bonchev–Trinajstić information content (AvgIpc) is 3.51. The van der Waals surface area contributed by atoms with Crippen LogP contribution in [-0.4, -0.2) is 24.4 Å². The molecule has 2 aromatic rings. The maximum absolute atomic E-state index is 6.60. The lowest BCUT2D eigenvalue weighted by Crippen LogP contribution is -2.39. The summed E-state index contributed by atoms with van der Waals surface area (Å²) in [5, 5.41) is 0. The predicted octanol–water partition coefficient (Wildman–Crippen LogP) is 5.36. The van der Waals surface area contributed by atoms with E-state index in [1.54, 1.807) is 0 Å². The van der Waals surface area contributed by atoms with Crippen molar-refractivity contribution in [1.29, 1.82) is 0 Å². The number of hydrogen-bond acceptors (Lipinski definition) is 3. The van der Waals surface area contributed by atoms with Crippen molar-refractivity contribution in [3.8, 4) is 0 Å². The lowest BCUT2D eigenvalue weighted by atomic mass is 9.85. The topological polar surface area (TPSA) is 27.7 Å². The first-order valence-corrected chi connectivity index (χ1v) is 10.9. The van der Waals surface area contributed by atoms with Crippen LogP contribution in [0.3, 0.4) is 0 Å². The molecule has 31 heavy (non-hydrogen) atoms. The summed E-state index contributed by atoms with van der Waals surface area (Å²) in [5.41, 5.74) is 2.68. The Morgan fingerprint density at radius 3 is 1.42 bits per heavy atom. The molecule has 3 heteroatoms. The quantitative estimate of drug-likeness (QED) is 0.600. The molecule has 4 aliphatic heterocycles. The fraction of sp³-hybridized carbons (Fsp3) is 0.286. The Bertz CT molecular complexity index is 1050. The molecule has 0 spiro atoms. The summed E-state index contributed by atoms with van der Waals surface area (Å²) < 4.78 is 19.5. The molecule has 4 atom stereocenters. The van der Waals surface area contributed by atoms with Crippen LogP contribution in [0, 0.1) is 0 Å². The van der Waals surface area contributed by atoms with Crippen molar-refractivity contribution in [3.05, 3.63) is 119 Å². The van der Waals surface area contributed by atoms with Crippen LogP contribution in [0.4, 0.5) is 0 Å². The van der Waals surface area contributed by atoms with E-state index in [0.29, 0.717) is 13.2 Å². The summed E-state index contributed by atoms with van der Waals surface area (Å²) in [5.74, 6) is 0.